The molecular formula is C18H28N2O3. The molecular weight excluding hydrogens is 292 g/mol. The number of carbonyl (C=O) groups is 1. The van der Waals surface area contributed by atoms with Gasteiger partial charge in [0.25, 0.3) is 0 Å². The second-order valence-electron chi connectivity index (χ2n) is 5.79. The fourth-order valence-corrected chi connectivity index (χ4v) is 2.64. The normalized spacial score (nSPS) is 18.6. The number of benzene rings is 1. The number of ether oxygens (including phenoxy) is 2. The molecule has 0 saturated carbocycles. The average molecular weight is 320 g/mol. The maximum Gasteiger partial charge on any atom is 0.240 e. The van der Waals surface area contributed by atoms with Gasteiger partial charge in [-0.05, 0) is 30.7 Å². The Morgan fingerprint density at radius 3 is 3.09 bits per heavy atom. The minimum absolute atomic E-state index is 0.0313. The maximum atomic E-state index is 12.4. The molecule has 1 aromatic carbocycles. The molecule has 5 heteroatoms. The molecule has 0 aliphatic carbocycles. The Kier molecular flexibility index (Phi) is 7.36. The second-order valence-corrected chi connectivity index (χ2v) is 5.79. The summed E-state index contributed by atoms with van der Waals surface area (Å²) in [5.41, 5.74) is 1.05. The van der Waals surface area contributed by atoms with Crippen LogP contribution in [0.2, 0.25) is 0 Å². The van der Waals surface area contributed by atoms with Gasteiger partial charge in [0.1, 0.15) is 11.8 Å². The molecule has 1 aromatic rings. The molecule has 1 aliphatic rings. The Morgan fingerprint density at radius 1 is 1.43 bits per heavy atom. The van der Waals surface area contributed by atoms with E-state index in [1.807, 2.05) is 24.3 Å². The summed E-state index contributed by atoms with van der Waals surface area (Å²) >= 11 is 0. The minimum atomic E-state index is -0.183. The van der Waals surface area contributed by atoms with Crippen molar-refractivity contribution >= 4 is 5.91 Å². The summed E-state index contributed by atoms with van der Waals surface area (Å²) in [5.74, 6) is 0.894. The highest BCUT2D eigenvalue weighted by molar-refractivity contribution is 5.82. The molecule has 1 heterocycles. The van der Waals surface area contributed by atoms with Crippen LogP contribution in [0.5, 0.6) is 5.75 Å². The molecule has 1 unspecified atom stereocenters. The summed E-state index contributed by atoms with van der Waals surface area (Å²) in [6.07, 6.45) is 2.17. The van der Waals surface area contributed by atoms with Crippen LogP contribution < -0.4 is 10.1 Å². The second kappa shape index (κ2) is 9.53. The topological polar surface area (TPSA) is 50.8 Å². The summed E-state index contributed by atoms with van der Waals surface area (Å²) in [6.45, 7) is 8.31. The van der Waals surface area contributed by atoms with Crippen LogP contribution in [-0.4, -0.2) is 49.8 Å². The number of morpholine rings is 1. The van der Waals surface area contributed by atoms with Gasteiger partial charge in [-0.1, -0.05) is 32.4 Å². The van der Waals surface area contributed by atoms with Crippen LogP contribution >= 0.6 is 0 Å². The number of hydrogen-bond acceptors (Lipinski definition) is 4. The first kappa shape index (κ1) is 17.8. The van der Waals surface area contributed by atoms with Gasteiger partial charge in [0.05, 0.1) is 19.8 Å². The van der Waals surface area contributed by atoms with Crippen LogP contribution in [-0.2, 0) is 16.1 Å². The number of nitrogens with zero attached hydrogens (tertiary/aromatic N) is 1. The van der Waals surface area contributed by atoms with Crippen LogP contribution in [0, 0.1) is 0 Å². The number of nitrogens with one attached hydrogen (secondary N) is 1. The molecule has 0 radical (unpaired) electrons. The quantitative estimate of drug-likeness (QED) is 0.746. The van der Waals surface area contributed by atoms with Gasteiger partial charge in [-0.2, -0.15) is 0 Å². The van der Waals surface area contributed by atoms with Gasteiger partial charge in [-0.25, -0.2) is 0 Å². The van der Waals surface area contributed by atoms with E-state index in [1.54, 1.807) is 0 Å². The van der Waals surface area contributed by atoms with E-state index in [0.717, 1.165) is 43.9 Å². The number of unbranched alkanes of at least 4 members (excludes halogenated alkanes) is 1. The Bertz CT molecular complexity index is 493. The number of rotatable bonds is 8. The molecule has 1 amide bonds. The van der Waals surface area contributed by atoms with Gasteiger partial charge in [-0.3, -0.25) is 9.69 Å². The van der Waals surface area contributed by atoms with E-state index in [-0.39, 0.29) is 11.9 Å². The molecule has 1 fully saturated rings. The molecule has 0 aromatic heterocycles. The zero-order valence-corrected chi connectivity index (χ0v) is 14.2. The number of likely N-dealkylation sites (N-methyl/N-ethyl adjacent to an activating group) is 1. The molecule has 0 spiro atoms. The first-order valence-electron chi connectivity index (χ1n) is 8.55. The highest BCUT2D eigenvalue weighted by atomic mass is 16.5. The summed E-state index contributed by atoms with van der Waals surface area (Å²) in [7, 11) is 0. The molecule has 2 rings (SSSR count). The molecule has 1 aliphatic heterocycles. The third-order valence-electron chi connectivity index (χ3n) is 4.08. The predicted molar refractivity (Wildman–Crippen MR) is 90.5 cm³/mol. The standard InChI is InChI=1S/C18H28N2O3/c1-3-5-10-23-16-8-6-7-15(12-16)13-19-18(21)17-14-22-11-9-20(17)4-2/h6-8,12,17H,3-5,9-11,13-14H2,1-2H3,(H,19,21). The Balaban J connectivity index is 1.84. The SMILES string of the molecule is CCCCOc1cccc(CNC(=O)C2COCCN2CC)c1. The fraction of sp³-hybridized carbons (Fsp3) is 0.611. The minimum Gasteiger partial charge on any atom is -0.494 e. The Labute approximate surface area is 139 Å². The summed E-state index contributed by atoms with van der Waals surface area (Å²) < 4.78 is 11.1. The van der Waals surface area contributed by atoms with Crippen molar-refractivity contribution in [3.8, 4) is 5.75 Å². The van der Waals surface area contributed by atoms with E-state index >= 15 is 0 Å². The lowest BCUT2D eigenvalue weighted by Crippen LogP contribution is -2.53. The molecule has 128 valence electrons. The summed E-state index contributed by atoms with van der Waals surface area (Å²) in [5, 5.41) is 3.01. The molecule has 5 nitrogen and oxygen atoms in total. The van der Waals surface area contributed by atoms with Gasteiger partial charge < -0.3 is 14.8 Å². The van der Waals surface area contributed by atoms with Crippen molar-refractivity contribution in [2.75, 3.05) is 32.9 Å². The van der Waals surface area contributed by atoms with Crippen molar-refractivity contribution < 1.29 is 14.3 Å². The first-order valence-corrected chi connectivity index (χ1v) is 8.55. The van der Waals surface area contributed by atoms with Crippen molar-refractivity contribution in [2.45, 2.75) is 39.3 Å². The zero-order chi connectivity index (χ0) is 16.5. The van der Waals surface area contributed by atoms with E-state index in [0.29, 0.717) is 19.8 Å². The van der Waals surface area contributed by atoms with Crippen molar-refractivity contribution in [3.05, 3.63) is 29.8 Å². The van der Waals surface area contributed by atoms with Crippen molar-refractivity contribution in [3.63, 3.8) is 0 Å². The highest BCUT2D eigenvalue weighted by Gasteiger charge is 2.27. The third kappa shape index (κ3) is 5.52. The summed E-state index contributed by atoms with van der Waals surface area (Å²) in [6, 6.07) is 7.73. The largest absolute Gasteiger partial charge is 0.494 e. The smallest absolute Gasteiger partial charge is 0.240 e. The lowest BCUT2D eigenvalue weighted by molar-refractivity contribution is -0.132. The molecule has 1 saturated heterocycles. The van der Waals surface area contributed by atoms with E-state index in [9.17, 15) is 4.79 Å². The summed E-state index contributed by atoms with van der Waals surface area (Å²) in [4.78, 5) is 14.5. The van der Waals surface area contributed by atoms with Crippen molar-refractivity contribution in [1.29, 1.82) is 0 Å². The van der Waals surface area contributed by atoms with Crippen LogP contribution in [0.3, 0.4) is 0 Å². The first-order chi connectivity index (χ1) is 11.2. The lowest BCUT2D eigenvalue weighted by Gasteiger charge is -2.33. The van der Waals surface area contributed by atoms with Gasteiger partial charge in [0.15, 0.2) is 0 Å². The predicted octanol–water partition coefficient (Wildman–Crippen LogP) is 2.20. The van der Waals surface area contributed by atoms with E-state index in [4.69, 9.17) is 9.47 Å². The van der Waals surface area contributed by atoms with E-state index in [1.165, 1.54) is 0 Å². The van der Waals surface area contributed by atoms with Crippen LogP contribution in [0.4, 0.5) is 0 Å². The fourth-order valence-electron chi connectivity index (χ4n) is 2.64. The lowest BCUT2D eigenvalue weighted by atomic mass is 10.2. The zero-order valence-electron chi connectivity index (χ0n) is 14.2. The van der Waals surface area contributed by atoms with Crippen molar-refractivity contribution in [2.24, 2.45) is 0 Å². The molecule has 1 atom stereocenters. The van der Waals surface area contributed by atoms with E-state index in [2.05, 4.69) is 24.1 Å². The Hall–Kier alpha value is -1.59. The highest BCUT2D eigenvalue weighted by Crippen LogP contribution is 2.14. The molecule has 0 bridgehead atoms. The average Bonchev–Trinajstić information content (AvgIpc) is 2.60. The molecule has 1 N–H and O–H groups in total. The number of amides is 1. The number of carbonyl (C=O) groups excluding carboxylic acids is 1. The monoisotopic (exact) mass is 320 g/mol. The third-order valence-corrected chi connectivity index (χ3v) is 4.08. The van der Waals surface area contributed by atoms with Crippen molar-refractivity contribution in [1.82, 2.24) is 10.2 Å². The Morgan fingerprint density at radius 2 is 2.30 bits per heavy atom. The number of hydrogen-bond donors (Lipinski definition) is 1. The van der Waals surface area contributed by atoms with Gasteiger partial charge in [0.2, 0.25) is 5.91 Å². The van der Waals surface area contributed by atoms with E-state index < -0.39 is 0 Å². The van der Waals surface area contributed by atoms with Crippen LogP contribution in [0.15, 0.2) is 24.3 Å². The van der Waals surface area contributed by atoms with Gasteiger partial charge >= 0.3 is 0 Å². The van der Waals surface area contributed by atoms with Gasteiger partial charge in [0, 0.05) is 13.1 Å². The maximum absolute atomic E-state index is 12.4. The van der Waals surface area contributed by atoms with Crippen LogP contribution in [0.25, 0.3) is 0 Å². The van der Waals surface area contributed by atoms with Gasteiger partial charge in [-0.15, -0.1) is 0 Å². The van der Waals surface area contributed by atoms with Crippen LogP contribution in [0.1, 0.15) is 32.3 Å². The molecule has 23 heavy (non-hydrogen) atoms.